The summed E-state index contributed by atoms with van der Waals surface area (Å²) in [5.74, 6) is -0.284. The second-order valence-corrected chi connectivity index (χ2v) is 11.6. The van der Waals surface area contributed by atoms with Crippen LogP contribution in [-0.2, 0) is 17.6 Å². The number of piperazine rings is 1. The fraction of sp³-hybridized carbons (Fsp3) is 0.467. The predicted molar refractivity (Wildman–Crippen MR) is 157 cm³/mol. The third-order valence-electron chi connectivity index (χ3n) is 8.39. The highest BCUT2D eigenvalue weighted by Crippen LogP contribution is 2.46. The van der Waals surface area contributed by atoms with E-state index in [9.17, 15) is 14.7 Å². The number of aliphatic hydroxyl groups excluding tert-OH is 1. The van der Waals surface area contributed by atoms with Crippen LogP contribution in [0.3, 0.4) is 0 Å². The van der Waals surface area contributed by atoms with E-state index >= 15 is 4.39 Å². The molecule has 9 nitrogen and oxygen atoms in total. The van der Waals surface area contributed by atoms with Crippen molar-refractivity contribution in [1.82, 2.24) is 19.8 Å². The zero-order chi connectivity index (χ0) is 29.4. The SMILES string of the molecule is C[C@H]1C(c2c(Cl)cc3c(N4CCN(C(N)=O)CC4)nc(CCCC(=O)N(C)C)nc3c2F)c2ccccc2C[C@@H]1O. The molecule has 218 valence electrons. The largest absolute Gasteiger partial charge is 0.392 e. The lowest BCUT2D eigenvalue weighted by Gasteiger charge is -2.37. The molecule has 41 heavy (non-hydrogen) atoms. The molecule has 1 saturated heterocycles. The maximum absolute atomic E-state index is 16.8. The number of aromatic nitrogens is 2. The van der Waals surface area contributed by atoms with Crippen LogP contribution in [0.5, 0.6) is 0 Å². The number of aliphatic hydroxyl groups is 1. The van der Waals surface area contributed by atoms with Crippen molar-refractivity contribution >= 4 is 40.3 Å². The number of carbonyl (C=O) groups is 2. The molecule has 1 fully saturated rings. The van der Waals surface area contributed by atoms with Gasteiger partial charge in [0.05, 0.1) is 6.10 Å². The van der Waals surface area contributed by atoms with Gasteiger partial charge in [-0.1, -0.05) is 42.8 Å². The third kappa shape index (κ3) is 5.67. The standard InChI is InChI=1S/C30H36ClFN6O3/c1-17-22(39)15-18-7-4-5-8-19(18)25(17)26-21(31)16-20-28(27(26)32)34-23(9-6-10-24(40)36(2)3)35-29(20)37-11-13-38(14-12-37)30(33)41/h4-5,7-8,16-17,22,25,39H,6,9-15H2,1-3H3,(H2,33,41)/t17-,22+,25?/m1/s1. The number of anilines is 1. The van der Waals surface area contributed by atoms with Crippen molar-refractivity contribution in [3.63, 3.8) is 0 Å². The highest BCUT2D eigenvalue weighted by Gasteiger charge is 2.37. The van der Waals surface area contributed by atoms with E-state index in [4.69, 9.17) is 22.3 Å². The van der Waals surface area contributed by atoms with Crippen molar-refractivity contribution in [2.24, 2.45) is 11.7 Å². The van der Waals surface area contributed by atoms with Crippen molar-refractivity contribution < 1.29 is 19.1 Å². The van der Waals surface area contributed by atoms with Crippen molar-refractivity contribution in [1.29, 1.82) is 0 Å². The first-order chi connectivity index (χ1) is 19.6. The Morgan fingerprint density at radius 3 is 2.56 bits per heavy atom. The highest BCUT2D eigenvalue weighted by atomic mass is 35.5. The molecule has 2 aromatic carbocycles. The summed E-state index contributed by atoms with van der Waals surface area (Å²) >= 11 is 6.88. The zero-order valence-corrected chi connectivity index (χ0v) is 24.4. The predicted octanol–water partition coefficient (Wildman–Crippen LogP) is 3.72. The van der Waals surface area contributed by atoms with Crippen LogP contribution in [0, 0.1) is 11.7 Å². The molecule has 3 amide bonds. The minimum absolute atomic E-state index is 0.00246. The Kier molecular flexibility index (Phi) is 8.33. The Bertz CT molecular complexity index is 1480. The van der Waals surface area contributed by atoms with Gasteiger partial charge in [-0.25, -0.2) is 19.2 Å². The van der Waals surface area contributed by atoms with Crippen LogP contribution in [0.4, 0.5) is 15.0 Å². The van der Waals surface area contributed by atoms with Crippen LogP contribution in [-0.4, -0.2) is 83.2 Å². The molecule has 2 heterocycles. The van der Waals surface area contributed by atoms with E-state index in [-0.39, 0.29) is 22.4 Å². The maximum Gasteiger partial charge on any atom is 0.314 e. The smallest absolute Gasteiger partial charge is 0.314 e. The number of primary amides is 1. The number of hydrogen-bond donors (Lipinski definition) is 2. The summed E-state index contributed by atoms with van der Waals surface area (Å²) < 4.78 is 16.8. The zero-order valence-electron chi connectivity index (χ0n) is 23.6. The quantitative estimate of drug-likeness (QED) is 0.458. The Labute approximate surface area is 244 Å². The van der Waals surface area contributed by atoms with Gasteiger partial charge in [0.2, 0.25) is 5.91 Å². The average molecular weight is 583 g/mol. The lowest BCUT2D eigenvalue weighted by atomic mass is 9.71. The number of halogens is 2. The second kappa shape index (κ2) is 11.8. The summed E-state index contributed by atoms with van der Waals surface area (Å²) in [7, 11) is 3.42. The topological polar surface area (TPSA) is 116 Å². The van der Waals surface area contributed by atoms with E-state index < -0.39 is 23.9 Å². The van der Waals surface area contributed by atoms with Crippen LogP contribution >= 0.6 is 11.6 Å². The number of hydrogen-bond acceptors (Lipinski definition) is 6. The number of amides is 3. The normalized spacial score (nSPS) is 20.7. The molecule has 5 rings (SSSR count). The van der Waals surface area contributed by atoms with Gasteiger partial charge in [-0.2, -0.15) is 0 Å². The molecular formula is C30H36ClFN6O3. The fourth-order valence-electron chi connectivity index (χ4n) is 6.00. The van der Waals surface area contributed by atoms with Gasteiger partial charge in [-0.05, 0) is 36.0 Å². The van der Waals surface area contributed by atoms with E-state index in [1.165, 1.54) is 4.90 Å². The first-order valence-corrected chi connectivity index (χ1v) is 14.4. The summed E-state index contributed by atoms with van der Waals surface area (Å²) in [5, 5.41) is 11.6. The second-order valence-electron chi connectivity index (χ2n) is 11.2. The van der Waals surface area contributed by atoms with E-state index in [1.807, 2.05) is 36.1 Å². The van der Waals surface area contributed by atoms with Crippen LogP contribution < -0.4 is 10.6 Å². The van der Waals surface area contributed by atoms with Gasteiger partial charge in [0.15, 0.2) is 5.82 Å². The Morgan fingerprint density at radius 2 is 1.88 bits per heavy atom. The van der Waals surface area contributed by atoms with Gasteiger partial charge >= 0.3 is 6.03 Å². The van der Waals surface area contributed by atoms with Crippen LogP contribution in [0.25, 0.3) is 10.9 Å². The molecule has 1 aliphatic carbocycles. The van der Waals surface area contributed by atoms with Crippen molar-refractivity contribution in [2.45, 2.75) is 44.6 Å². The first-order valence-electron chi connectivity index (χ1n) is 14.0. The number of aryl methyl sites for hydroxylation is 1. The van der Waals surface area contributed by atoms with Crippen molar-refractivity contribution in [2.75, 3.05) is 45.2 Å². The number of urea groups is 1. The average Bonchev–Trinajstić information content (AvgIpc) is 2.95. The van der Waals surface area contributed by atoms with Gasteiger partial charge in [-0.15, -0.1) is 0 Å². The molecule has 3 aromatic rings. The monoisotopic (exact) mass is 582 g/mol. The molecule has 3 N–H and O–H groups in total. The van der Waals surface area contributed by atoms with E-state index in [1.54, 1.807) is 25.1 Å². The number of nitrogens with zero attached hydrogens (tertiary/aromatic N) is 5. The minimum Gasteiger partial charge on any atom is -0.392 e. The van der Waals surface area contributed by atoms with Crippen LogP contribution in [0.15, 0.2) is 30.3 Å². The van der Waals surface area contributed by atoms with Gasteiger partial charge in [0, 0.05) is 75.0 Å². The summed E-state index contributed by atoms with van der Waals surface area (Å²) in [5.41, 5.74) is 7.87. The molecule has 0 spiro atoms. The molecule has 0 saturated carbocycles. The van der Waals surface area contributed by atoms with Gasteiger partial charge in [-0.3, -0.25) is 4.79 Å². The molecule has 11 heteroatoms. The number of carbonyl (C=O) groups excluding carboxylic acids is 2. The Morgan fingerprint density at radius 1 is 1.17 bits per heavy atom. The Hall–Kier alpha value is -3.50. The molecule has 2 aliphatic rings. The number of benzene rings is 2. The minimum atomic E-state index is -0.645. The van der Waals surface area contributed by atoms with Gasteiger partial charge in [0.1, 0.15) is 17.2 Å². The summed E-state index contributed by atoms with van der Waals surface area (Å²) in [4.78, 5) is 38.4. The molecule has 1 unspecified atom stereocenters. The summed E-state index contributed by atoms with van der Waals surface area (Å²) in [6, 6.07) is 9.01. The lowest BCUT2D eigenvalue weighted by Crippen LogP contribution is -2.50. The molecule has 3 atom stereocenters. The molecule has 1 aliphatic heterocycles. The first kappa shape index (κ1) is 29.0. The fourth-order valence-corrected chi connectivity index (χ4v) is 6.31. The summed E-state index contributed by atoms with van der Waals surface area (Å²) in [6.45, 7) is 3.68. The number of fused-ring (bicyclic) bond motifs is 2. The molecule has 1 aromatic heterocycles. The third-order valence-corrected chi connectivity index (χ3v) is 8.70. The molecule has 0 bridgehead atoms. The van der Waals surface area contributed by atoms with Crippen molar-refractivity contribution in [3.05, 3.63) is 63.7 Å². The molecule has 0 radical (unpaired) electrons. The lowest BCUT2D eigenvalue weighted by molar-refractivity contribution is -0.128. The number of nitrogens with two attached hydrogens (primary N) is 1. The van der Waals surface area contributed by atoms with Crippen LogP contribution in [0.1, 0.15) is 48.2 Å². The van der Waals surface area contributed by atoms with Crippen LogP contribution in [0.2, 0.25) is 5.02 Å². The number of rotatable bonds is 6. The van der Waals surface area contributed by atoms with Gasteiger partial charge < -0.3 is 25.5 Å². The summed E-state index contributed by atoms with van der Waals surface area (Å²) in [6.07, 6.45) is 1.08. The maximum atomic E-state index is 16.8. The van der Waals surface area contributed by atoms with Gasteiger partial charge in [0.25, 0.3) is 0 Å². The van der Waals surface area contributed by atoms with E-state index in [0.29, 0.717) is 74.5 Å². The Balaban J connectivity index is 1.61. The van der Waals surface area contributed by atoms with E-state index in [0.717, 1.165) is 11.1 Å². The van der Waals surface area contributed by atoms with Crippen molar-refractivity contribution in [3.8, 4) is 0 Å². The molecular weight excluding hydrogens is 547 g/mol. The van der Waals surface area contributed by atoms with E-state index in [2.05, 4.69) is 4.98 Å². The highest BCUT2D eigenvalue weighted by molar-refractivity contribution is 6.32.